The molecule has 1 saturated heterocycles. The van der Waals surface area contributed by atoms with Crippen molar-refractivity contribution < 1.29 is 9.13 Å². The van der Waals surface area contributed by atoms with Gasteiger partial charge in [-0.15, -0.1) is 0 Å². The minimum Gasteiger partial charge on any atom is -0.501 e. The number of ether oxygens (including phenoxy) is 1. The summed E-state index contributed by atoms with van der Waals surface area (Å²) in [5, 5.41) is 3.24. The quantitative estimate of drug-likeness (QED) is 0.736. The highest BCUT2D eigenvalue weighted by Gasteiger charge is 2.26. The summed E-state index contributed by atoms with van der Waals surface area (Å²) >= 11 is 0. The fraction of sp³-hybridized carbons (Fsp3) is 0.818. The Morgan fingerprint density at radius 2 is 2.36 bits per heavy atom. The molecule has 80 valence electrons. The van der Waals surface area contributed by atoms with Crippen molar-refractivity contribution in [2.45, 2.75) is 44.3 Å². The molecule has 0 bridgehead atoms. The van der Waals surface area contributed by atoms with Gasteiger partial charge in [0, 0.05) is 6.04 Å². The molecule has 0 radical (unpaired) electrons. The Bertz CT molecular complexity index is 211. The van der Waals surface area contributed by atoms with E-state index in [9.17, 15) is 4.39 Å². The van der Waals surface area contributed by atoms with Gasteiger partial charge in [-0.3, -0.25) is 0 Å². The van der Waals surface area contributed by atoms with Gasteiger partial charge >= 0.3 is 0 Å². The lowest BCUT2D eigenvalue weighted by atomic mass is 9.94. The van der Waals surface area contributed by atoms with Gasteiger partial charge in [-0.1, -0.05) is 6.42 Å². The number of piperidine rings is 1. The Balaban J connectivity index is 1.91. The topological polar surface area (TPSA) is 21.3 Å². The third kappa shape index (κ3) is 2.27. The lowest BCUT2D eigenvalue weighted by Crippen LogP contribution is -2.42. The van der Waals surface area contributed by atoms with Gasteiger partial charge in [0.05, 0.1) is 12.9 Å². The van der Waals surface area contributed by atoms with E-state index in [1.165, 1.54) is 6.42 Å². The largest absolute Gasteiger partial charge is 0.501 e. The Morgan fingerprint density at radius 1 is 1.43 bits per heavy atom. The lowest BCUT2D eigenvalue weighted by molar-refractivity contribution is 0.190. The maximum Gasteiger partial charge on any atom is 0.140 e. The van der Waals surface area contributed by atoms with Crippen molar-refractivity contribution in [3.05, 3.63) is 11.8 Å². The summed E-state index contributed by atoms with van der Waals surface area (Å²) in [7, 11) is 0. The number of alkyl halides is 1. The van der Waals surface area contributed by atoms with E-state index in [1.807, 2.05) is 0 Å². The molecule has 0 aromatic heterocycles. The zero-order chi connectivity index (χ0) is 9.80. The van der Waals surface area contributed by atoms with Crippen molar-refractivity contribution in [2.75, 3.05) is 13.2 Å². The highest BCUT2D eigenvalue weighted by atomic mass is 19.1. The summed E-state index contributed by atoms with van der Waals surface area (Å²) in [4.78, 5) is 0. The Morgan fingerprint density at radius 3 is 3.00 bits per heavy atom. The molecular formula is C11H18FNO. The predicted molar refractivity (Wildman–Crippen MR) is 53.8 cm³/mol. The van der Waals surface area contributed by atoms with E-state index in [4.69, 9.17) is 4.74 Å². The van der Waals surface area contributed by atoms with Crippen LogP contribution in [0.5, 0.6) is 0 Å². The second kappa shape index (κ2) is 4.78. The first-order chi connectivity index (χ1) is 6.88. The van der Waals surface area contributed by atoms with Crippen molar-refractivity contribution in [1.29, 1.82) is 0 Å². The normalized spacial score (nSPS) is 30.4. The average molecular weight is 199 g/mol. The monoisotopic (exact) mass is 199 g/mol. The minimum absolute atomic E-state index is 0.0247. The molecule has 2 heterocycles. The molecule has 1 fully saturated rings. The van der Waals surface area contributed by atoms with Crippen LogP contribution in [0.4, 0.5) is 4.39 Å². The number of hydrogen-bond donors (Lipinski definition) is 1. The van der Waals surface area contributed by atoms with Crippen LogP contribution in [0.25, 0.3) is 0 Å². The maximum absolute atomic E-state index is 14.0. The molecule has 2 aliphatic rings. The molecule has 2 unspecified atom stereocenters. The second-order valence-corrected chi connectivity index (χ2v) is 4.13. The number of halogens is 1. The summed E-state index contributed by atoms with van der Waals surface area (Å²) < 4.78 is 19.1. The Kier molecular flexibility index (Phi) is 3.40. The van der Waals surface area contributed by atoms with Crippen LogP contribution in [0.2, 0.25) is 0 Å². The third-order valence-electron chi connectivity index (χ3n) is 3.02. The van der Waals surface area contributed by atoms with Crippen LogP contribution in [-0.4, -0.2) is 25.4 Å². The zero-order valence-corrected chi connectivity index (χ0v) is 8.47. The van der Waals surface area contributed by atoms with Crippen molar-refractivity contribution in [1.82, 2.24) is 5.32 Å². The van der Waals surface area contributed by atoms with Gasteiger partial charge in [-0.25, -0.2) is 4.39 Å². The van der Waals surface area contributed by atoms with Crippen LogP contribution in [0.3, 0.4) is 0 Å². The smallest absolute Gasteiger partial charge is 0.140 e. The van der Waals surface area contributed by atoms with Gasteiger partial charge in [-0.05, 0) is 37.8 Å². The fourth-order valence-electron chi connectivity index (χ4n) is 2.17. The molecule has 3 heteroatoms. The van der Waals surface area contributed by atoms with E-state index in [2.05, 4.69) is 5.32 Å². The van der Waals surface area contributed by atoms with Crippen LogP contribution in [0.1, 0.15) is 32.1 Å². The van der Waals surface area contributed by atoms with E-state index in [0.717, 1.165) is 44.4 Å². The first kappa shape index (κ1) is 9.97. The summed E-state index contributed by atoms with van der Waals surface area (Å²) in [6.07, 6.45) is 5.89. The van der Waals surface area contributed by atoms with Crippen molar-refractivity contribution >= 4 is 0 Å². The number of nitrogens with one attached hydrogen (secondary N) is 1. The van der Waals surface area contributed by atoms with Crippen LogP contribution in [0.15, 0.2) is 11.8 Å². The molecule has 2 rings (SSSR count). The van der Waals surface area contributed by atoms with Crippen molar-refractivity contribution in [2.24, 2.45) is 0 Å². The van der Waals surface area contributed by atoms with Crippen LogP contribution in [-0.2, 0) is 4.74 Å². The molecule has 2 atom stereocenters. The SMILES string of the molecule is FC(C1=COCCC1)C1CCCCN1. The molecule has 0 aromatic rings. The Hall–Kier alpha value is -0.570. The zero-order valence-electron chi connectivity index (χ0n) is 8.47. The Labute approximate surface area is 84.5 Å². The molecule has 2 aliphatic heterocycles. The highest BCUT2D eigenvalue weighted by molar-refractivity contribution is 5.11. The molecule has 0 spiro atoms. The fourth-order valence-corrected chi connectivity index (χ4v) is 2.17. The van der Waals surface area contributed by atoms with Crippen LogP contribution < -0.4 is 5.32 Å². The van der Waals surface area contributed by atoms with E-state index in [-0.39, 0.29) is 6.04 Å². The third-order valence-corrected chi connectivity index (χ3v) is 3.02. The molecule has 14 heavy (non-hydrogen) atoms. The first-order valence-corrected chi connectivity index (χ1v) is 5.56. The molecule has 0 amide bonds. The van der Waals surface area contributed by atoms with Gasteiger partial charge in [0.2, 0.25) is 0 Å². The van der Waals surface area contributed by atoms with Crippen LogP contribution >= 0.6 is 0 Å². The predicted octanol–water partition coefficient (Wildman–Crippen LogP) is 2.16. The van der Waals surface area contributed by atoms with Crippen molar-refractivity contribution in [3.8, 4) is 0 Å². The lowest BCUT2D eigenvalue weighted by Gasteiger charge is -2.28. The van der Waals surface area contributed by atoms with E-state index < -0.39 is 6.17 Å². The summed E-state index contributed by atoms with van der Waals surface area (Å²) in [5.41, 5.74) is 0.843. The standard InChI is InChI=1S/C11H18FNO/c12-11(9-4-3-7-14-8-9)10-5-1-2-6-13-10/h8,10-11,13H,1-7H2. The summed E-state index contributed by atoms with van der Waals surface area (Å²) in [5.74, 6) is 0. The number of rotatable bonds is 2. The van der Waals surface area contributed by atoms with Gasteiger partial charge in [0.1, 0.15) is 6.17 Å². The van der Waals surface area contributed by atoms with E-state index in [1.54, 1.807) is 6.26 Å². The first-order valence-electron chi connectivity index (χ1n) is 5.56. The molecule has 0 saturated carbocycles. The molecule has 2 nitrogen and oxygen atoms in total. The van der Waals surface area contributed by atoms with Gasteiger partial charge in [-0.2, -0.15) is 0 Å². The number of hydrogen-bond acceptors (Lipinski definition) is 2. The average Bonchev–Trinajstić information content (AvgIpc) is 2.30. The molecule has 1 N–H and O–H groups in total. The van der Waals surface area contributed by atoms with Crippen LogP contribution in [0, 0.1) is 0 Å². The highest BCUT2D eigenvalue weighted by Crippen LogP contribution is 2.24. The summed E-state index contributed by atoms with van der Waals surface area (Å²) in [6.45, 7) is 1.70. The molecule has 0 aromatic carbocycles. The maximum atomic E-state index is 14.0. The van der Waals surface area contributed by atoms with Gasteiger partial charge < -0.3 is 10.1 Å². The van der Waals surface area contributed by atoms with Crippen molar-refractivity contribution in [3.63, 3.8) is 0 Å². The minimum atomic E-state index is -0.837. The summed E-state index contributed by atoms with van der Waals surface area (Å²) in [6, 6.07) is 0.0247. The molecule has 0 aliphatic carbocycles. The van der Waals surface area contributed by atoms with Gasteiger partial charge in [0.25, 0.3) is 0 Å². The van der Waals surface area contributed by atoms with E-state index in [0.29, 0.717) is 0 Å². The second-order valence-electron chi connectivity index (χ2n) is 4.13. The van der Waals surface area contributed by atoms with Gasteiger partial charge in [0.15, 0.2) is 0 Å². The molecular weight excluding hydrogens is 181 g/mol. The van der Waals surface area contributed by atoms with E-state index >= 15 is 0 Å².